The molecule has 0 heterocycles. The van der Waals surface area contributed by atoms with Gasteiger partial charge >= 0.3 is 0 Å². The number of hydrogen-bond acceptors (Lipinski definition) is 3. The van der Waals surface area contributed by atoms with Crippen LogP contribution in [0.2, 0.25) is 0 Å². The second kappa shape index (κ2) is 7.38. The fourth-order valence-corrected chi connectivity index (χ4v) is 2.92. The SMILES string of the molecule is CCC(C)CS(=O)C(C)C(=O)Nc1cc(N)ccc1F. The highest BCUT2D eigenvalue weighted by Gasteiger charge is 2.22. The Morgan fingerprint density at radius 2 is 2.10 bits per heavy atom. The summed E-state index contributed by atoms with van der Waals surface area (Å²) in [5.74, 6) is -0.274. The summed E-state index contributed by atoms with van der Waals surface area (Å²) in [5.41, 5.74) is 5.92. The predicted molar refractivity (Wildman–Crippen MR) is 81.4 cm³/mol. The largest absolute Gasteiger partial charge is 0.399 e. The molecule has 3 unspecified atom stereocenters. The number of carbonyl (C=O) groups is 1. The lowest BCUT2D eigenvalue weighted by molar-refractivity contribution is -0.115. The number of benzene rings is 1. The summed E-state index contributed by atoms with van der Waals surface area (Å²) in [7, 11) is -1.28. The maximum Gasteiger partial charge on any atom is 0.239 e. The number of carbonyl (C=O) groups excluding carboxylic acids is 1. The molecule has 0 bridgehead atoms. The van der Waals surface area contributed by atoms with Crippen molar-refractivity contribution < 1.29 is 13.4 Å². The second-order valence-electron chi connectivity index (χ2n) is 4.93. The lowest BCUT2D eigenvalue weighted by Gasteiger charge is -2.15. The number of anilines is 2. The van der Waals surface area contributed by atoms with Gasteiger partial charge in [0.15, 0.2) is 0 Å². The van der Waals surface area contributed by atoms with E-state index in [-0.39, 0.29) is 11.6 Å². The summed E-state index contributed by atoms with van der Waals surface area (Å²) in [6.07, 6.45) is 0.907. The first kappa shape index (κ1) is 16.6. The average Bonchev–Trinajstić information content (AvgIpc) is 2.41. The molecule has 1 aromatic carbocycles. The van der Waals surface area contributed by atoms with E-state index in [0.29, 0.717) is 11.4 Å². The summed E-state index contributed by atoms with van der Waals surface area (Å²) in [5, 5.41) is 1.75. The van der Waals surface area contributed by atoms with Crippen molar-refractivity contribution in [2.45, 2.75) is 32.4 Å². The third-order valence-electron chi connectivity index (χ3n) is 3.16. The molecule has 1 amide bonds. The highest BCUT2D eigenvalue weighted by molar-refractivity contribution is 7.86. The molecule has 0 radical (unpaired) electrons. The molecule has 0 aliphatic rings. The Hall–Kier alpha value is -1.43. The van der Waals surface area contributed by atoms with Crippen LogP contribution in [0.15, 0.2) is 18.2 Å². The molecule has 0 saturated carbocycles. The lowest BCUT2D eigenvalue weighted by atomic mass is 10.2. The van der Waals surface area contributed by atoms with Crippen LogP contribution >= 0.6 is 0 Å². The number of rotatable bonds is 6. The zero-order valence-corrected chi connectivity index (χ0v) is 12.8. The van der Waals surface area contributed by atoms with Crippen molar-refractivity contribution in [3.05, 3.63) is 24.0 Å². The van der Waals surface area contributed by atoms with Crippen molar-refractivity contribution in [2.75, 3.05) is 16.8 Å². The van der Waals surface area contributed by atoms with Crippen molar-refractivity contribution in [3.63, 3.8) is 0 Å². The summed E-state index contributed by atoms with van der Waals surface area (Å²) >= 11 is 0. The second-order valence-corrected chi connectivity index (χ2v) is 6.73. The molecule has 20 heavy (non-hydrogen) atoms. The van der Waals surface area contributed by atoms with Crippen LogP contribution in [0.3, 0.4) is 0 Å². The van der Waals surface area contributed by atoms with Gasteiger partial charge in [0.2, 0.25) is 5.91 Å². The Kier molecular flexibility index (Phi) is 6.13. The number of hydrogen-bond donors (Lipinski definition) is 2. The van der Waals surface area contributed by atoms with Gasteiger partial charge in [-0.2, -0.15) is 0 Å². The van der Waals surface area contributed by atoms with Gasteiger partial charge in [-0.3, -0.25) is 9.00 Å². The summed E-state index contributed by atoms with van der Waals surface area (Å²) in [6, 6.07) is 3.94. The van der Waals surface area contributed by atoms with Gasteiger partial charge in [-0.25, -0.2) is 4.39 Å². The summed E-state index contributed by atoms with van der Waals surface area (Å²) in [4.78, 5) is 12.0. The first-order chi connectivity index (χ1) is 9.35. The summed E-state index contributed by atoms with van der Waals surface area (Å²) in [6.45, 7) is 5.58. The van der Waals surface area contributed by atoms with Gasteiger partial charge in [-0.05, 0) is 31.0 Å². The van der Waals surface area contributed by atoms with E-state index < -0.39 is 27.8 Å². The number of nitrogens with two attached hydrogens (primary N) is 1. The molecule has 3 atom stereocenters. The monoisotopic (exact) mass is 300 g/mol. The van der Waals surface area contributed by atoms with Crippen molar-refractivity contribution in [1.82, 2.24) is 0 Å². The Balaban J connectivity index is 2.70. The highest BCUT2D eigenvalue weighted by Crippen LogP contribution is 2.18. The minimum Gasteiger partial charge on any atom is -0.399 e. The van der Waals surface area contributed by atoms with E-state index in [1.165, 1.54) is 18.2 Å². The van der Waals surface area contributed by atoms with E-state index in [4.69, 9.17) is 5.73 Å². The molecule has 112 valence electrons. The van der Waals surface area contributed by atoms with E-state index in [0.717, 1.165) is 6.42 Å². The van der Waals surface area contributed by atoms with E-state index in [1.807, 2.05) is 13.8 Å². The van der Waals surface area contributed by atoms with Gasteiger partial charge in [0, 0.05) is 22.2 Å². The number of nitrogens with one attached hydrogen (secondary N) is 1. The molecule has 3 N–H and O–H groups in total. The molecule has 1 rings (SSSR count). The maximum absolute atomic E-state index is 13.5. The van der Waals surface area contributed by atoms with Gasteiger partial charge in [0.25, 0.3) is 0 Å². The first-order valence-electron chi connectivity index (χ1n) is 6.58. The first-order valence-corrected chi connectivity index (χ1v) is 7.96. The fraction of sp³-hybridized carbons (Fsp3) is 0.500. The summed E-state index contributed by atoms with van der Waals surface area (Å²) < 4.78 is 25.5. The molecular formula is C14H21FN2O2S. The van der Waals surface area contributed by atoms with Crippen LogP contribution < -0.4 is 11.1 Å². The van der Waals surface area contributed by atoms with Gasteiger partial charge in [0.05, 0.1) is 5.69 Å². The molecule has 0 aromatic heterocycles. The van der Waals surface area contributed by atoms with Crippen LogP contribution in [-0.4, -0.2) is 21.1 Å². The van der Waals surface area contributed by atoms with Crippen LogP contribution in [0.25, 0.3) is 0 Å². The molecule has 0 spiro atoms. The molecule has 0 fully saturated rings. The van der Waals surface area contributed by atoms with Gasteiger partial charge in [-0.1, -0.05) is 20.3 Å². The van der Waals surface area contributed by atoms with Crippen molar-refractivity contribution in [2.24, 2.45) is 5.92 Å². The molecule has 0 saturated heterocycles. The van der Waals surface area contributed by atoms with E-state index in [2.05, 4.69) is 5.32 Å². The zero-order chi connectivity index (χ0) is 15.3. The van der Waals surface area contributed by atoms with Crippen LogP contribution in [0.4, 0.5) is 15.8 Å². The minimum absolute atomic E-state index is 0.0161. The zero-order valence-electron chi connectivity index (χ0n) is 12.0. The Morgan fingerprint density at radius 3 is 2.70 bits per heavy atom. The van der Waals surface area contributed by atoms with E-state index in [9.17, 15) is 13.4 Å². The van der Waals surface area contributed by atoms with Crippen LogP contribution in [0.1, 0.15) is 27.2 Å². The topological polar surface area (TPSA) is 72.2 Å². The molecule has 0 aliphatic heterocycles. The molecule has 0 aliphatic carbocycles. The number of halogens is 1. The van der Waals surface area contributed by atoms with E-state index in [1.54, 1.807) is 6.92 Å². The lowest BCUT2D eigenvalue weighted by Crippen LogP contribution is -2.31. The molecule has 1 aromatic rings. The molecular weight excluding hydrogens is 279 g/mol. The predicted octanol–water partition coefficient (Wildman–Crippen LogP) is 2.53. The third-order valence-corrected chi connectivity index (χ3v) is 5.06. The van der Waals surface area contributed by atoms with Crippen LogP contribution in [0.5, 0.6) is 0 Å². The van der Waals surface area contributed by atoms with Crippen molar-refractivity contribution >= 4 is 28.1 Å². The number of nitrogen functional groups attached to an aromatic ring is 1. The van der Waals surface area contributed by atoms with Crippen molar-refractivity contribution in [3.8, 4) is 0 Å². The Bertz CT molecular complexity index is 508. The highest BCUT2D eigenvalue weighted by atomic mass is 32.2. The van der Waals surface area contributed by atoms with Crippen LogP contribution in [-0.2, 0) is 15.6 Å². The number of amides is 1. The smallest absolute Gasteiger partial charge is 0.239 e. The van der Waals surface area contributed by atoms with Gasteiger partial charge < -0.3 is 11.1 Å². The average molecular weight is 300 g/mol. The molecule has 4 nitrogen and oxygen atoms in total. The van der Waals surface area contributed by atoms with Crippen LogP contribution in [0, 0.1) is 11.7 Å². The van der Waals surface area contributed by atoms with Gasteiger partial charge in [0.1, 0.15) is 11.1 Å². The third kappa shape index (κ3) is 4.59. The Labute approximate surface area is 121 Å². The maximum atomic E-state index is 13.5. The van der Waals surface area contributed by atoms with E-state index >= 15 is 0 Å². The minimum atomic E-state index is -1.28. The molecule has 6 heteroatoms. The standard InChI is InChI=1S/C14H21FN2O2S/c1-4-9(2)8-20(19)10(3)14(18)17-13-7-11(16)5-6-12(13)15/h5-7,9-10H,4,8,16H2,1-3H3,(H,17,18). The fourth-order valence-electron chi connectivity index (χ4n) is 1.54. The van der Waals surface area contributed by atoms with Gasteiger partial charge in [-0.15, -0.1) is 0 Å². The Morgan fingerprint density at radius 1 is 1.45 bits per heavy atom. The van der Waals surface area contributed by atoms with Crippen molar-refractivity contribution in [1.29, 1.82) is 0 Å². The quantitative estimate of drug-likeness (QED) is 0.793. The normalized spacial score (nSPS) is 15.4.